The highest BCUT2D eigenvalue weighted by Gasteiger charge is 2.16. The van der Waals surface area contributed by atoms with Gasteiger partial charge in [-0.25, -0.2) is 5.43 Å². The molecule has 0 fully saturated rings. The van der Waals surface area contributed by atoms with Crippen molar-refractivity contribution in [1.82, 2.24) is 9.99 Å². The van der Waals surface area contributed by atoms with Crippen LogP contribution in [0, 0.1) is 17.4 Å². The molecule has 1 heterocycles. The molecular weight excluding hydrogens is 425 g/mol. The molecule has 4 nitrogen and oxygen atoms in total. The van der Waals surface area contributed by atoms with Crippen LogP contribution in [0.2, 0.25) is 0 Å². The monoisotopic (exact) mass is 443 g/mol. The third-order valence-electron chi connectivity index (χ3n) is 3.97. The van der Waals surface area contributed by atoms with E-state index >= 15 is 0 Å². The Balaban J connectivity index is 1.81. The van der Waals surface area contributed by atoms with E-state index in [-0.39, 0.29) is 5.91 Å². The van der Waals surface area contributed by atoms with Crippen molar-refractivity contribution in [2.45, 2.75) is 13.8 Å². The quantitative estimate of drug-likeness (QED) is 0.361. The molecule has 1 N–H and O–H groups in total. The Morgan fingerprint density at radius 2 is 1.76 bits per heavy atom. The van der Waals surface area contributed by atoms with E-state index in [1.54, 1.807) is 6.21 Å². The lowest BCUT2D eigenvalue weighted by atomic mass is 10.2. The first-order valence-corrected chi connectivity index (χ1v) is 8.98. The van der Waals surface area contributed by atoms with Gasteiger partial charge in [0, 0.05) is 26.2 Å². The molecule has 25 heavy (non-hydrogen) atoms. The van der Waals surface area contributed by atoms with Gasteiger partial charge in [-0.2, -0.15) is 5.10 Å². The summed E-state index contributed by atoms with van der Waals surface area (Å²) in [7, 11) is 0. The molecule has 0 bridgehead atoms. The smallest absolute Gasteiger partial charge is 0.273 e. The number of amides is 1. The van der Waals surface area contributed by atoms with Gasteiger partial charge in [0.25, 0.3) is 5.91 Å². The van der Waals surface area contributed by atoms with Gasteiger partial charge < -0.3 is 4.57 Å². The number of rotatable bonds is 4. The third-order valence-corrected chi connectivity index (χ3v) is 4.95. The van der Waals surface area contributed by atoms with E-state index in [9.17, 15) is 4.79 Å². The Kier molecular flexibility index (Phi) is 5.33. The van der Waals surface area contributed by atoms with Gasteiger partial charge in [0.2, 0.25) is 0 Å². The van der Waals surface area contributed by atoms with E-state index in [1.165, 1.54) is 0 Å². The summed E-state index contributed by atoms with van der Waals surface area (Å²) < 4.78 is 3.15. The van der Waals surface area contributed by atoms with Crippen LogP contribution in [0.25, 0.3) is 5.69 Å². The van der Waals surface area contributed by atoms with Crippen molar-refractivity contribution >= 4 is 34.7 Å². The van der Waals surface area contributed by atoms with Crippen molar-refractivity contribution in [2.24, 2.45) is 5.10 Å². The molecular formula is C20H18IN3O. The van der Waals surface area contributed by atoms with Gasteiger partial charge in [-0.15, -0.1) is 0 Å². The zero-order valence-electron chi connectivity index (χ0n) is 14.0. The molecule has 0 saturated heterocycles. The van der Waals surface area contributed by atoms with Gasteiger partial charge >= 0.3 is 0 Å². The summed E-state index contributed by atoms with van der Waals surface area (Å²) in [6.45, 7) is 3.94. The van der Waals surface area contributed by atoms with Gasteiger partial charge in [-0.05, 0) is 60.7 Å². The molecule has 0 radical (unpaired) electrons. The number of carbonyl (C=O) groups is 1. The molecule has 3 rings (SSSR count). The Hall–Kier alpha value is -2.41. The number of aromatic nitrogens is 1. The minimum atomic E-state index is -0.211. The molecule has 1 amide bonds. The largest absolute Gasteiger partial charge is 0.318 e. The summed E-state index contributed by atoms with van der Waals surface area (Å²) in [5.41, 5.74) is 7.16. The van der Waals surface area contributed by atoms with Crippen LogP contribution in [-0.2, 0) is 0 Å². The van der Waals surface area contributed by atoms with E-state index in [2.05, 4.69) is 37.7 Å². The highest BCUT2D eigenvalue weighted by molar-refractivity contribution is 14.1. The maximum Gasteiger partial charge on any atom is 0.273 e. The lowest BCUT2D eigenvalue weighted by Gasteiger charge is -2.09. The van der Waals surface area contributed by atoms with Crippen molar-refractivity contribution in [3.63, 3.8) is 0 Å². The Morgan fingerprint density at radius 3 is 2.48 bits per heavy atom. The normalized spacial score (nSPS) is 11.0. The maximum atomic E-state index is 12.5. The lowest BCUT2D eigenvalue weighted by molar-refractivity contribution is 0.0954. The van der Waals surface area contributed by atoms with Crippen molar-refractivity contribution in [2.75, 3.05) is 0 Å². The highest BCUT2D eigenvalue weighted by Crippen LogP contribution is 2.20. The van der Waals surface area contributed by atoms with Gasteiger partial charge in [-0.1, -0.05) is 36.4 Å². The van der Waals surface area contributed by atoms with Crippen LogP contribution in [-0.4, -0.2) is 16.7 Å². The van der Waals surface area contributed by atoms with E-state index in [0.717, 1.165) is 26.2 Å². The maximum absolute atomic E-state index is 12.5. The van der Waals surface area contributed by atoms with Gasteiger partial charge in [0.15, 0.2) is 0 Å². The van der Waals surface area contributed by atoms with Crippen LogP contribution in [0.15, 0.2) is 65.8 Å². The number of nitrogens with zero attached hydrogens (tertiary/aromatic N) is 2. The summed E-state index contributed by atoms with van der Waals surface area (Å²) in [5.74, 6) is -0.211. The van der Waals surface area contributed by atoms with Crippen LogP contribution in [0.4, 0.5) is 0 Å². The molecule has 2 aromatic carbocycles. The number of carbonyl (C=O) groups excluding carboxylic acids is 1. The van der Waals surface area contributed by atoms with Crippen molar-refractivity contribution in [3.05, 3.63) is 86.7 Å². The number of para-hydroxylation sites is 1. The molecule has 0 spiro atoms. The van der Waals surface area contributed by atoms with Crippen LogP contribution >= 0.6 is 22.6 Å². The molecule has 0 unspecified atom stereocenters. The van der Waals surface area contributed by atoms with E-state index in [4.69, 9.17) is 0 Å². The summed E-state index contributed by atoms with van der Waals surface area (Å²) in [6, 6.07) is 19.8. The molecule has 0 aliphatic carbocycles. The van der Waals surface area contributed by atoms with Gasteiger partial charge in [0.05, 0.1) is 11.8 Å². The summed E-state index contributed by atoms with van der Waals surface area (Å²) in [4.78, 5) is 12.5. The van der Waals surface area contributed by atoms with E-state index < -0.39 is 0 Å². The number of benzene rings is 2. The first-order valence-electron chi connectivity index (χ1n) is 7.90. The van der Waals surface area contributed by atoms with Gasteiger partial charge in [-0.3, -0.25) is 4.79 Å². The average Bonchev–Trinajstić information content (AvgIpc) is 2.92. The molecule has 3 aromatic rings. The highest BCUT2D eigenvalue weighted by atomic mass is 127. The molecule has 0 aliphatic heterocycles. The predicted octanol–water partition coefficient (Wildman–Crippen LogP) is 4.46. The van der Waals surface area contributed by atoms with Crippen LogP contribution in [0.5, 0.6) is 0 Å². The van der Waals surface area contributed by atoms with Crippen molar-refractivity contribution < 1.29 is 4.79 Å². The van der Waals surface area contributed by atoms with Crippen LogP contribution < -0.4 is 5.43 Å². The van der Waals surface area contributed by atoms with Crippen molar-refractivity contribution in [1.29, 1.82) is 0 Å². The number of aryl methyl sites for hydroxylation is 1. The number of hydrogen-bond donors (Lipinski definition) is 1. The molecule has 126 valence electrons. The average molecular weight is 443 g/mol. The predicted molar refractivity (Wildman–Crippen MR) is 109 cm³/mol. The first-order chi connectivity index (χ1) is 12.1. The molecule has 0 saturated carbocycles. The van der Waals surface area contributed by atoms with Crippen LogP contribution in [0.1, 0.15) is 27.3 Å². The number of nitrogens with one attached hydrogen (secondary N) is 1. The fraction of sp³-hybridized carbons (Fsp3) is 0.100. The zero-order valence-corrected chi connectivity index (χ0v) is 16.2. The third kappa shape index (κ3) is 3.82. The Labute approximate surface area is 160 Å². The summed E-state index contributed by atoms with van der Waals surface area (Å²) in [5, 5.41) is 4.09. The SMILES string of the molecule is Cc1cc(C(=O)N/N=C/c2ccccc2I)c(C)n1-c1ccccc1. The number of hydrogen-bond acceptors (Lipinski definition) is 2. The topological polar surface area (TPSA) is 46.4 Å². The number of hydrazone groups is 1. The summed E-state index contributed by atoms with van der Waals surface area (Å²) >= 11 is 2.24. The first kappa shape index (κ1) is 17.4. The molecule has 0 atom stereocenters. The summed E-state index contributed by atoms with van der Waals surface area (Å²) in [6.07, 6.45) is 1.66. The molecule has 5 heteroatoms. The Bertz CT molecular complexity index is 929. The van der Waals surface area contributed by atoms with E-state index in [0.29, 0.717) is 5.56 Å². The molecule has 0 aliphatic rings. The zero-order chi connectivity index (χ0) is 17.8. The fourth-order valence-corrected chi connectivity index (χ4v) is 3.29. The minimum absolute atomic E-state index is 0.211. The Morgan fingerprint density at radius 1 is 1.08 bits per heavy atom. The number of halogens is 1. The standard InChI is InChI=1S/C20H18IN3O/c1-14-12-18(15(2)24(14)17-9-4-3-5-10-17)20(25)23-22-13-16-8-6-7-11-19(16)21/h3-13H,1-2H3,(H,23,25)/b22-13+. The second-order valence-corrected chi connectivity index (χ2v) is 6.84. The van der Waals surface area contributed by atoms with Crippen LogP contribution in [0.3, 0.4) is 0 Å². The second-order valence-electron chi connectivity index (χ2n) is 5.68. The fourth-order valence-electron chi connectivity index (χ4n) is 2.77. The van der Waals surface area contributed by atoms with Crippen molar-refractivity contribution in [3.8, 4) is 5.69 Å². The van der Waals surface area contributed by atoms with Gasteiger partial charge in [0.1, 0.15) is 0 Å². The second kappa shape index (κ2) is 7.65. The molecule has 1 aromatic heterocycles. The lowest BCUT2D eigenvalue weighted by Crippen LogP contribution is -2.18. The minimum Gasteiger partial charge on any atom is -0.318 e. The van der Waals surface area contributed by atoms with E-state index in [1.807, 2.05) is 74.5 Å².